The van der Waals surface area contributed by atoms with Gasteiger partial charge in [-0.25, -0.2) is 0 Å². The molecule has 88 valence electrons. The quantitative estimate of drug-likeness (QED) is 0.779. The summed E-state index contributed by atoms with van der Waals surface area (Å²) in [7, 11) is 0. The van der Waals surface area contributed by atoms with Gasteiger partial charge in [0, 0.05) is 24.8 Å². The molecule has 2 nitrogen and oxygen atoms in total. The van der Waals surface area contributed by atoms with Gasteiger partial charge in [-0.1, -0.05) is 12.1 Å². The van der Waals surface area contributed by atoms with E-state index in [2.05, 4.69) is 49.2 Å². The van der Waals surface area contributed by atoms with E-state index in [1.54, 1.807) is 0 Å². The Morgan fingerprint density at radius 2 is 2.06 bits per heavy atom. The predicted octanol–water partition coefficient (Wildman–Crippen LogP) is 2.49. The van der Waals surface area contributed by atoms with Gasteiger partial charge < -0.3 is 10.2 Å². The number of hydrogen-bond donors (Lipinski definition) is 1. The number of nitrogens with zero attached hydrogens (tertiary/aromatic N) is 1. The first-order valence-electron chi connectivity index (χ1n) is 6.23. The third-order valence-electron chi connectivity index (χ3n) is 3.47. The van der Waals surface area contributed by atoms with Crippen molar-refractivity contribution in [2.24, 2.45) is 0 Å². The van der Waals surface area contributed by atoms with Crippen molar-refractivity contribution in [2.45, 2.75) is 33.2 Å². The summed E-state index contributed by atoms with van der Waals surface area (Å²) in [4.78, 5) is 2.54. The first-order valence-corrected chi connectivity index (χ1v) is 6.23. The van der Waals surface area contributed by atoms with Gasteiger partial charge in [-0.2, -0.15) is 0 Å². The summed E-state index contributed by atoms with van der Waals surface area (Å²) in [5.41, 5.74) is 4.15. The highest BCUT2D eigenvalue weighted by Crippen LogP contribution is 2.24. The normalized spacial score (nSPS) is 21.9. The largest absolute Gasteiger partial charge is 0.367 e. The molecule has 1 aliphatic rings. The van der Waals surface area contributed by atoms with E-state index >= 15 is 0 Å². The summed E-state index contributed by atoms with van der Waals surface area (Å²) in [6.07, 6.45) is 1.23. The maximum atomic E-state index is 3.47. The van der Waals surface area contributed by atoms with Crippen LogP contribution in [0.4, 0.5) is 5.69 Å². The van der Waals surface area contributed by atoms with Crippen LogP contribution in [-0.4, -0.2) is 25.7 Å². The zero-order valence-electron chi connectivity index (χ0n) is 10.6. The minimum absolute atomic E-state index is 0.635. The third-order valence-corrected chi connectivity index (χ3v) is 3.47. The van der Waals surface area contributed by atoms with Gasteiger partial charge >= 0.3 is 0 Å². The average molecular weight is 218 g/mol. The summed E-state index contributed by atoms with van der Waals surface area (Å²) in [5, 5.41) is 3.47. The second-order valence-corrected chi connectivity index (χ2v) is 4.87. The van der Waals surface area contributed by atoms with Crippen LogP contribution in [0.15, 0.2) is 18.2 Å². The lowest BCUT2D eigenvalue weighted by Crippen LogP contribution is -2.34. The Kier molecular flexibility index (Phi) is 3.49. The van der Waals surface area contributed by atoms with E-state index in [0.717, 1.165) is 19.6 Å². The lowest BCUT2D eigenvalue weighted by molar-refractivity contribution is 0.630. The van der Waals surface area contributed by atoms with Crippen LogP contribution in [0.3, 0.4) is 0 Å². The fourth-order valence-corrected chi connectivity index (χ4v) is 2.40. The van der Waals surface area contributed by atoms with Crippen molar-refractivity contribution >= 4 is 5.69 Å². The first-order chi connectivity index (χ1) is 7.68. The van der Waals surface area contributed by atoms with E-state index in [1.807, 2.05) is 0 Å². The number of benzene rings is 1. The van der Waals surface area contributed by atoms with E-state index in [1.165, 1.54) is 23.2 Å². The topological polar surface area (TPSA) is 15.3 Å². The molecule has 0 saturated carbocycles. The van der Waals surface area contributed by atoms with Crippen LogP contribution in [0.25, 0.3) is 0 Å². The zero-order valence-corrected chi connectivity index (χ0v) is 10.6. The van der Waals surface area contributed by atoms with Gasteiger partial charge in [0.2, 0.25) is 0 Å². The van der Waals surface area contributed by atoms with E-state index < -0.39 is 0 Å². The zero-order chi connectivity index (χ0) is 11.5. The molecule has 1 unspecified atom stereocenters. The smallest absolute Gasteiger partial charge is 0.0401 e. The van der Waals surface area contributed by atoms with Gasteiger partial charge in [0.15, 0.2) is 0 Å². The van der Waals surface area contributed by atoms with E-state index in [4.69, 9.17) is 0 Å². The molecule has 1 saturated heterocycles. The Balaban J connectivity index is 2.29. The van der Waals surface area contributed by atoms with Crippen LogP contribution in [0.5, 0.6) is 0 Å². The minimum Gasteiger partial charge on any atom is -0.367 e. The molecular formula is C14H22N2. The molecule has 1 aromatic carbocycles. The van der Waals surface area contributed by atoms with Crippen molar-refractivity contribution in [1.29, 1.82) is 0 Å². The van der Waals surface area contributed by atoms with Crippen LogP contribution in [0, 0.1) is 13.8 Å². The Morgan fingerprint density at radius 3 is 2.88 bits per heavy atom. The fourth-order valence-electron chi connectivity index (χ4n) is 2.40. The predicted molar refractivity (Wildman–Crippen MR) is 70.2 cm³/mol. The number of nitrogens with one attached hydrogen (secondary N) is 1. The van der Waals surface area contributed by atoms with Crippen molar-refractivity contribution in [3.63, 3.8) is 0 Å². The van der Waals surface area contributed by atoms with Gasteiger partial charge in [-0.15, -0.1) is 0 Å². The average Bonchev–Trinajstić information content (AvgIpc) is 2.47. The van der Waals surface area contributed by atoms with Crippen LogP contribution < -0.4 is 10.2 Å². The molecule has 1 aromatic rings. The number of hydrogen-bond acceptors (Lipinski definition) is 2. The molecule has 0 bridgehead atoms. The lowest BCUT2D eigenvalue weighted by atomic mass is 10.1. The highest BCUT2D eigenvalue weighted by Gasteiger charge is 2.18. The van der Waals surface area contributed by atoms with Crippen molar-refractivity contribution in [3.8, 4) is 0 Å². The molecule has 2 rings (SSSR count). The number of aryl methyl sites for hydroxylation is 2. The Morgan fingerprint density at radius 1 is 1.25 bits per heavy atom. The van der Waals surface area contributed by atoms with Crippen LogP contribution in [0.1, 0.15) is 24.5 Å². The van der Waals surface area contributed by atoms with Crippen molar-refractivity contribution in [2.75, 3.05) is 24.5 Å². The standard InChI is InChI=1S/C14H22N2/c1-11-4-5-12(2)14(10-11)16-9-8-15-7-6-13(16)3/h4-5,10,13,15H,6-9H2,1-3H3. The third kappa shape index (κ3) is 2.38. The number of rotatable bonds is 1. The SMILES string of the molecule is Cc1ccc(C)c(N2CCNCCC2C)c1. The second kappa shape index (κ2) is 4.88. The maximum absolute atomic E-state index is 3.47. The van der Waals surface area contributed by atoms with E-state index in [-0.39, 0.29) is 0 Å². The van der Waals surface area contributed by atoms with Crippen molar-refractivity contribution in [3.05, 3.63) is 29.3 Å². The van der Waals surface area contributed by atoms with Crippen LogP contribution in [-0.2, 0) is 0 Å². The summed E-state index contributed by atoms with van der Waals surface area (Å²) in [6.45, 7) is 10.1. The van der Waals surface area contributed by atoms with E-state index in [0.29, 0.717) is 6.04 Å². The molecule has 16 heavy (non-hydrogen) atoms. The Labute approximate surface area is 98.7 Å². The van der Waals surface area contributed by atoms with Gasteiger partial charge in [-0.05, 0) is 50.9 Å². The molecule has 1 heterocycles. The molecule has 2 heteroatoms. The lowest BCUT2D eigenvalue weighted by Gasteiger charge is -2.30. The Hall–Kier alpha value is -1.02. The first kappa shape index (κ1) is 11.5. The molecule has 0 aromatic heterocycles. The molecule has 1 atom stereocenters. The Bertz CT molecular complexity index is 360. The molecule has 1 aliphatic heterocycles. The molecule has 1 fully saturated rings. The minimum atomic E-state index is 0.635. The van der Waals surface area contributed by atoms with Gasteiger partial charge in [-0.3, -0.25) is 0 Å². The van der Waals surface area contributed by atoms with Gasteiger partial charge in [0.1, 0.15) is 0 Å². The second-order valence-electron chi connectivity index (χ2n) is 4.87. The molecule has 0 spiro atoms. The maximum Gasteiger partial charge on any atom is 0.0401 e. The van der Waals surface area contributed by atoms with Gasteiger partial charge in [0.05, 0.1) is 0 Å². The highest BCUT2D eigenvalue weighted by molar-refractivity contribution is 5.55. The van der Waals surface area contributed by atoms with Crippen LogP contribution >= 0.6 is 0 Å². The molecule has 0 aliphatic carbocycles. The molecule has 0 radical (unpaired) electrons. The summed E-state index contributed by atoms with van der Waals surface area (Å²) in [6, 6.07) is 7.38. The summed E-state index contributed by atoms with van der Waals surface area (Å²) < 4.78 is 0. The summed E-state index contributed by atoms with van der Waals surface area (Å²) in [5.74, 6) is 0. The van der Waals surface area contributed by atoms with Crippen LogP contribution in [0.2, 0.25) is 0 Å². The highest BCUT2D eigenvalue weighted by atomic mass is 15.2. The fraction of sp³-hybridized carbons (Fsp3) is 0.571. The molecular weight excluding hydrogens is 196 g/mol. The number of anilines is 1. The molecule has 1 N–H and O–H groups in total. The van der Waals surface area contributed by atoms with Gasteiger partial charge in [0.25, 0.3) is 0 Å². The monoisotopic (exact) mass is 218 g/mol. The van der Waals surface area contributed by atoms with Crippen molar-refractivity contribution < 1.29 is 0 Å². The van der Waals surface area contributed by atoms with E-state index in [9.17, 15) is 0 Å². The van der Waals surface area contributed by atoms with Crippen molar-refractivity contribution in [1.82, 2.24) is 5.32 Å². The summed E-state index contributed by atoms with van der Waals surface area (Å²) >= 11 is 0. The molecule has 0 amide bonds.